The van der Waals surface area contributed by atoms with Gasteiger partial charge >= 0.3 is 5.97 Å². The van der Waals surface area contributed by atoms with Crippen molar-refractivity contribution in [3.63, 3.8) is 0 Å². The summed E-state index contributed by atoms with van der Waals surface area (Å²) in [5.41, 5.74) is 0. The van der Waals surface area contributed by atoms with Gasteiger partial charge in [-0.05, 0) is 64.5 Å². The van der Waals surface area contributed by atoms with E-state index in [1.807, 2.05) is 0 Å². The van der Waals surface area contributed by atoms with Crippen molar-refractivity contribution in [3.8, 4) is 0 Å². The number of unbranched alkanes of at least 4 members (excludes halogenated alkanes) is 14. The maximum absolute atomic E-state index is 12.4. The normalized spacial score (nSPS) is 11.4. The van der Waals surface area contributed by atoms with Crippen LogP contribution in [0.2, 0.25) is 0 Å². The number of carbonyl (C=O) groups excluding carboxylic acids is 1. The first-order valence-corrected chi connectivity index (χ1v) is 14.3. The summed E-state index contributed by atoms with van der Waals surface area (Å²) in [7, 11) is 0. The first-order chi connectivity index (χ1) is 15.7. The van der Waals surface area contributed by atoms with Crippen LogP contribution in [0.5, 0.6) is 0 Å². The van der Waals surface area contributed by atoms with Gasteiger partial charge < -0.3 is 15.2 Å². The molecule has 0 aliphatic heterocycles. The van der Waals surface area contributed by atoms with Crippen LogP contribution in [0.1, 0.15) is 149 Å². The quantitative estimate of drug-likeness (QED) is 0.104. The second-order valence-corrected chi connectivity index (χ2v) is 9.57. The Labute approximate surface area is 200 Å². The molecule has 0 saturated heterocycles. The third kappa shape index (κ3) is 24.0. The van der Waals surface area contributed by atoms with Gasteiger partial charge in [0.05, 0.1) is 0 Å². The Balaban J connectivity index is 3.91. The van der Waals surface area contributed by atoms with E-state index in [9.17, 15) is 4.79 Å². The minimum atomic E-state index is 0.0223. The highest BCUT2D eigenvalue weighted by Gasteiger charge is 2.14. The van der Waals surface area contributed by atoms with Gasteiger partial charge in [-0.1, -0.05) is 90.9 Å². The van der Waals surface area contributed by atoms with E-state index in [1.165, 1.54) is 83.5 Å². The number of nitrogens with one attached hydrogen (secondary N) is 1. The largest absolute Gasteiger partial charge is 0.462 e. The number of esters is 1. The van der Waals surface area contributed by atoms with E-state index in [0.29, 0.717) is 6.42 Å². The van der Waals surface area contributed by atoms with E-state index in [-0.39, 0.29) is 18.7 Å². The van der Waals surface area contributed by atoms with Crippen molar-refractivity contribution in [2.75, 3.05) is 19.7 Å². The first-order valence-electron chi connectivity index (χ1n) is 14.3. The van der Waals surface area contributed by atoms with Gasteiger partial charge in [-0.15, -0.1) is 0 Å². The molecule has 0 amide bonds. The summed E-state index contributed by atoms with van der Waals surface area (Å²) in [6.07, 6.45) is 24.7. The molecule has 0 aliphatic carbocycles. The van der Waals surface area contributed by atoms with Crippen molar-refractivity contribution in [3.05, 3.63) is 0 Å². The van der Waals surface area contributed by atoms with Crippen molar-refractivity contribution < 1.29 is 14.6 Å². The van der Waals surface area contributed by atoms with E-state index >= 15 is 0 Å². The van der Waals surface area contributed by atoms with Gasteiger partial charge in [0.1, 0.15) is 6.10 Å². The fourth-order valence-electron chi connectivity index (χ4n) is 4.17. The summed E-state index contributed by atoms with van der Waals surface area (Å²) in [5, 5.41) is 12.2. The number of aliphatic hydroxyl groups is 1. The molecule has 0 unspecified atom stereocenters. The van der Waals surface area contributed by atoms with Crippen molar-refractivity contribution in [1.82, 2.24) is 5.32 Å². The lowest BCUT2D eigenvalue weighted by Gasteiger charge is -2.18. The number of carbonyl (C=O) groups is 1. The predicted molar refractivity (Wildman–Crippen MR) is 138 cm³/mol. The van der Waals surface area contributed by atoms with Gasteiger partial charge in [0.2, 0.25) is 0 Å². The summed E-state index contributed by atoms with van der Waals surface area (Å²) < 4.78 is 5.92. The molecule has 0 aromatic rings. The molecule has 0 bridgehead atoms. The summed E-state index contributed by atoms with van der Waals surface area (Å²) in [6, 6.07) is 0. The van der Waals surface area contributed by atoms with Crippen molar-refractivity contribution in [2.24, 2.45) is 0 Å². The minimum absolute atomic E-state index is 0.0223. The zero-order valence-electron chi connectivity index (χ0n) is 21.8. The highest BCUT2D eigenvalue weighted by atomic mass is 16.5. The number of hydrogen-bond donors (Lipinski definition) is 2. The van der Waals surface area contributed by atoms with E-state index in [1.54, 1.807) is 0 Å². The monoisotopic (exact) mass is 455 g/mol. The number of ether oxygens (including phenoxy) is 1. The van der Waals surface area contributed by atoms with E-state index in [4.69, 9.17) is 9.84 Å². The molecule has 0 aromatic carbocycles. The molecule has 4 nitrogen and oxygen atoms in total. The fourth-order valence-corrected chi connectivity index (χ4v) is 4.17. The first kappa shape index (κ1) is 31.4. The molecule has 32 heavy (non-hydrogen) atoms. The molecular formula is C28H57NO3. The summed E-state index contributed by atoms with van der Waals surface area (Å²) in [5.74, 6) is 0.0223. The van der Waals surface area contributed by atoms with Crippen LogP contribution in [0.3, 0.4) is 0 Å². The van der Waals surface area contributed by atoms with Gasteiger partial charge in [-0.3, -0.25) is 4.79 Å². The summed E-state index contributed by atoms with van der Waals surface area (Å²) >= 11 is 0. The minimum Gasteiger partial charge on any atom is -0.462 e. The van der Waals surface area contributed by atoms with E-state index < -0.39 is 0 Å². The maximum Gasteiger partial charge on any atom is 0.306 e. The molecule has 0 atom stereocenters. The van der Waals surface area contributed by atoms with Crippen LogP contribution in [0.25, 0.3) is 0 Å². The Hall–Kier alpha value is -0.610. The Bertz CT molecular complexity index is 360. The average molecular weight is 456 g/mol. The molecule has 2 N–H and O–H groups in total. The summed E-state index contributed by atoms with van der Waals surface area (Å²) in [4.78, 5) is 12.4. The summed E-state index contributed by atoms with van der Waals surface area (Å²) in [6.45, 7) is 6.83. The van der Waals surface area contributed by atoms with Crippen LogP contribution >= 0.6 is 0 Å². The third-order valence-corrected chi connectivity index (χ3v) is 6.30. The van der Waals surface area contributed by atoms with E-state index in [0.717, 1.165) is 58.0 Å². The third-order valence-electron chi connectivity index (χ3n) is 6.30. The molecular weight excluding hydrogens is 398 g/mol. The van der Waals surface area contributed by atoms with Crippen molar-refractivity contribution >= 4 is 5.97 Å². The molecule has 0 saturated carbocycles. The second kappa shape index (κ2) is 26.6. The lowest BCUT2D eigenvalue weighted by atomic mass is 10.0. The standard InChI is InChI=1S/C28H57NO3/c1-3-5-7-9-11-15-21-27(22-16-12-10-8-6-4-2)32-28(31)23-17-13-14-18-24-29-25-19-20-26-30/h27,29-30H,3-26H2,1-2H3. The Morgan fingerprint density at radius 1 is 0.656 bits per heavy atom. The SMILES string of the molecule is CCCCCCCCC(CCCCCCCC)OC(=O)CCCCCCNCCCCO. The lowest BCUT2D eigenvalue weighted by molar-refractivity contribution is -0.150. The Morgan fingerprint density at radius 3 is 1.69 bits per heavy atom. The van der Waals surface area contributed by atoms with Gasteiger partial charge in [-0.2, -0.15) is 0 Å². The lowest BCUT2D eigenvalue weighted by Crippen LogP contribution is -2.18. The fraction of sp³-hybridized carbons (Fsp3) is 0.964. The molecule has 0 fully saturated rings. The number of hydrogen-bond acceptors (Lipinski definition) is 4. The zero-order valence-corrected chi connectivity index (χ0v) is 21.8. The van der Waals surface area contributed by atoms with Crippen LogP contribution in [0.4, 0.5) is 0 Å². The molecule has 0 spiro atoms. The van der Waals surface area contributed by atoms with Gasteiger partial charge in [0, 0.05) is 13.0 Å². The number of rotatable bonds is 26. The predicted octanol–water partition coefficient (Wildman–Crippen LogP) is 7.71. The second-order valence-electron chi connectivity index (χ2n) is 9.57. The van der Waals surface area contributed by atoms with Crippen molar-refractivity contribution in [1.29, 1.82) is 0 Å². The molecule has 4 heteroatoms. The van der Waals surface area contributed by atoms with Crippen LogP contribution in [-0.2, 0) is 9.53 Å². The Morgan fingerprint density at radius 2 is 1.12 bits per heavy atom. The van der Waals surface area contributed by atoms with Crippen LogP contribution < -0.4 is 5.32 Å². The molecule has 0 heterocycles. The average Bonchev–Trinajstić information content (AvgIpc) is 2.79. The van der Waals surface area contributed by atoms with E-state index in [2.05, 4.69) is 19.2 Å². The van der Waals surface area contributed by atoms with Gasteiger partial charge in [0.15, 0.2) is 0 Å². The molecule has 192 valence electrons. The van der Waals surface area contributed by atoms with Gasteiger partial charge in [-0.25, -0.2) is 0 Å². The van der Waals surface area contributed by atoms with Gasteiger partial charge in [0.25, 0.3) is 0 Å². The zero-order chi connectivity index (χ0) is 23.5. The van der Waals surface area contributed by atoms with Crippen LogP contribution in [-0.4, -0.2) is 36.9 Å². The molecule has 0 aliphatic rings. The maximum atomic E-state index is 12.4. The molecule has 0 rings (SSSR count). The smallest absolute Gasteiger partial charge is 0.306 e. The highest BCUT2D eigenvalue weighted by Crippen LogP contribution is 2.18. The Kier molecular flexibility index (Phi) is 26.1. The topological polar surface area (TPSA) is 58.6 Å². The van der Waals surface area contributed by atoms with Crippen molar-refractivity contribution in [2.45, 2.75) is 155 Å². The number of aliphatic hydroxyl groups excluding tert-OH is 1. The van der Waals surface area contributed by atoms with Crippen LogP contribution in [0, 0.1) is 0 Å². The van der Waals surface area contributed by atoms with Crippen LogP contribution in [0.15, 0.2) is 0 Å². The highest BCUT2D eigenvalue weighted by molar-refractivity contribution is 5.69. The molecule has 0 aromatic heterocycles. The molecule has 0 radical (unpaired) electrons.